The highest BCUT2D eigenvalue weighted by molar-refractivity contribution is 9.10. The monoisotopic (exact) mass is 355 g/mol. The van der Waals surface area contributed by atoms with Gasteiger partial charge in [0.2, 0.25) is 0 Å². The van der Waals surface area contributed by atoms with E-state index in [0.717, 1.165) is 0 Å². The predicted molar refractivity (Wildman–Crippen MR) is 82.8 cm³/mol. The zero-order valence-corrected chi connectivity index (χ0v) is 13.6. The summed E-state index contributed by atoms with van der Waals surface area (Å²) in [5.74, 6) is 0.173. The molecule has 1 atom stereocenters. The molecule has 0 aromatic heterocycles. The molecule has 2 aromatic carbocycles. The standard InChI is InChI=1S/C16H16BrF2NO/c1-9-4-16(14(8-15(9)19)10(2)20-3)21-13-6-11(17)5-12(18)7-13/h4-8,10,20H,1-3H3. The van der Waals surface area contributed by atoms with Gasteiger partial charge in [-0.2, -0.15) is 0 Å². The third-order valence-corrected chi connectivity index (χ3v) is 3.71. The number of nitrogens with one attached hydrogen (secondary N) is 1. The molecule has 0 fully saturated rings. The van der Waals surface area contributed by atoms with Crippen LogP contribution in [0.5, 0.6) is 11.5 Å². The smallest absolute Gasteiger partial charge is 0.132 e. The lowest BCUT2D eigenvalue weighted by Gasteiger charge is -2.17. The molecule has 0 amide bonds. The normalized spacial score (nSPS) is 12.3. The van der Waals surface area contributed by atoms with Gasteiger partial charge in [0, 0.05) is 22.1 Å². The summed E-state index contributed by atoms with van der Waals surface area (Å²) in [6.45, 7) is 3.57. The number of hydrogen-bond donors (Lipinski definition) is 1. The van der Waals surface area contributed by atoms with E-state index in [2.05, 4.69) is 21.2 Å². The average Bonchev–Trinajstić information content (AvgIpc) is 2.40. The average molecular weight is 356 g/mol. The Hall–Kier alpha value is -1.46. The molecule has 112 valence electrons. The van der Waals surface area contributed by atoms with Crippen molar-refractivity contribution in [3.8, 4) is 11.5 Å². The molecule has 0 saturated heterocycles. The van der Waals surface area contributed by atoms with E-state index in [9.17, 15) is 8.78 Å². The fourth-order valence-electron chi connectivity index (χ4n) is 1.97. The van der Waals surface area contributed by atoms with Gasteiger partial charge in [-0.15, -0.1) is 0 Å². The van der Waals surface area contributed by atoms with Gasteiger partial charge in [-0.3, -0.25) is 0 Å². The fourth-order valence-corrected chi connectivity index (χ4v) is 2.41. The van der Waals surface area contributed by atoms with E-state index >= 15 is 0 Å². The Bertz CT molecular complexity index is 641. The van der Waals surface area contributed by atoms with Crippen molar-refractivity contribution < 1.29 is 13.5 Å². The number of benzene rings is 2. The van der Waals surface area contributed by atoms with Crippen molar-refractivity contribution in [2.24, 2.45) is 0 Å². The maximum absolute atomic E-state index is 13.8. The summed E-state index contributed by atoms with van der Waals surface area (Å²) in [4.78, 5) is 0. The lowest BCUT2D eigenvalue weighted by Crippen LogP contribution is -2.13. The van der Waals surface area contributed by atoms with Crippen LogP contribution in [0, 0.1) is 18.6 Å². The minimum absolute atomic E-state index is 0.0906. The van der Waals surface area contributed by atoms with Gasteiger partial charge in [-0.1, -0.05) is 15.9 Å². The minimum atomic E-state index is -0.401. The number of halogens is 3. The van der Waals surface area contributed by atoms with Crippen molar-refractivity contribution in [2.75, 3.05) is 7.05 Å². The highest BCUT2D eigenvalue weighted by Crippen LogP contribution is 2.33. The van der Waals surface area contributed by atoms with Crippen LogP contribution in [0.1, 0.15) is 24.1 Å². The Morgan fingerprint density at radius 2 is 1.86 bits per heavy atom. The van der Waals surface area contributed by atoms with Crippen LogP contribution in [-0.4, -0.2) is 7.05 Å². The van der Waals surface area contributed by atoms with Crippen LogP contribution in [0.3, 0.4) is 0 Å². The molecule has 1 unspecified atom stereocenters. The van der Waals surface area contributed by atoms with Crippen LogP contribution < -0.4 is 10.1 Å². The van der Waals surface area contributed by atoms with Crippen molar-refractivity contribution in [3.63, 3.8) is 0 Å². The molecule has 0 aliphatic rings. The molecule has 2 nitrogen and oxygen atoms in total. The Labute approximate surface area is 131 Å². The summed E-state index contributed by atoms with van der Waals surface area (Å²) in [5, 5.41) is 3.05. The molecular formula is C16H16BrF2NO. The molecule has 0 radical (unpaired) electrons. The first-order valence-electron chi connectivity index (χ1n) is 6.52. The zero-order valence-electron chi connectivity index (χ0n) is 12.0. The molecule has 0 aliphatic carbocycles. The second kappa shape index (κ2) is 6.54. The van der Waals surface area contributed by atoms with Crippen molar-refractivity contribution >= 4 is 15.9 Å². The van der Waals surface area contributed by atoms with Gasteiger partial charge in [0.05, 0.1) is 0 Å². The molecule has 2 rings (SSSR count). The third kappa shape index (κ3) is 3.80. The van der Waals surface area contributed by atoms with Crippen LogP contribution in [0.4, 0.5) is 8.78 Å². The summed E-state index contributed by atoms with van der Waals surface area (Å²) in [7, 11) is 1.78. The van der Waals surface area contributed by atoms with Crippen LogP contribution in [0.25, 0.3) is 0 Å². The molecule has 0 bridgehead atoms. The van der Waals surface area contributed by atoms with E-state index in [1.54, 1.807) is 26.1 Å². The summed E-state index contributed by atoms with van der Waals surface area (Å²) in [5.41, 5.74) is 1.16. The van der Waals surface area contributed by atoms with Gasteiger partial charge < -0.3 is 10.1 Å². The molecule has 0 heterocycles. The van der Waals surface area contributed by atoms with Gasteiger partial charge in [0.15, 0.2) is 0 Å². The van der Waals surface area contributed by atoms with Crippen LogP contribution in [-0.2, 0) is 0 Å². The largest absolute Gasteiger partial charge is 0.457 e. The Balaban J connectivity index is 2.44. The van der Waals surface area contributed by atoms with Crippen molar-refractivity contribution in [2.45, 2.75) is 19.9 Å². The van der Waals surface area contributed by atoms with E-state index in [1.165, 1.54) is 18.2 Å². The van der Waals surface area contributed by atoms with E-state index in [1.807, 2.05) is 6.92 Å². The predicted octanol–water partition coefficient (Wildman–Crippen LogP) is 5.11. The third-order valence-electron chi connectivity index (χ3n) is 3.25. The van der Waals surface area contributed by atoms with Crippen LogP contribution in [0.15, 0.2) is 34.8 Å². The minimum Gasteiger partial charge on any atom is -0.457 e. The fraction of sp³-hybridized carbons (Fsp3) is 0.250. The summed E-state index contributed by atoms with van der Waals surface area (Å²) < 4.78 is 33.5. The second-order valence-electron chi connectivity index (χ2n) is 4.86. The van der Waals surface area contributed by atoms with E-state index in [0.29, 0.717) is 27.1 Å². The second-order valence-corrected chi connectivity index (χ2v) is 5.77. The van der Waals surface area contributed by atoms with E-state index < -0.39 is 5.82 Å². The SMILES string of the molecule is CNC(C)c1cc(F)c(C)cc1Oc1cc(F)cc(Br)c1. The molecule has 0 spiro atoms. The quantitative estimate of drug-likeness (QED) is 0.822. The molecule has 0 aliphatic heterocycles. The Morgan fingerprint density at radius 3 is 2.48 bits per heavy atom. The number of hydrogen-bond acceptors (Lipinski definition) is 2. The van der Waals surface area contributed by atoms with Gasteiger partial charge in [0.25, 0.3) is 0 Å². The van der Waals surface area contributed by atoms with Gasteiger partial charge >= 0.3 is 0 Å². The molecular weight excluding hydrogens is 340 g/mol. The molecule has 5 heteroatoms. The topological polar surface area (TPSA) is 21.3 Å². The summed E-state index contributed by atoms with van der Waals surface area (Å²) >= 11 is 3.22. The summed E-state index contributed by atoms with van der Waals surface area (Å²) in [6, 6.07) is 7.27. The zero-order chi connectivity index (χ0) is 15.6. The molecule has 1 N–H and O–H groups in total. The highest BCUT2D eigenvalue weighted by atomic mass is 79.9. The van der Waals surface area contributed by atoms with Crippen LogP contribution >= 0.6 is 15.9 Å². The van der Waals surface area contributed by atoms with Crippen LogP contribution in [0.2, 0.25) is 0 Å². The first-order chi connectivity index (χ1) is 9.90. The lowest BCUT2D eigenvalue weighted by molar-refractivity contribution is 0.457. The number of rotatable bonds is 4. The van der Waals surface area contributed by atoms with E-state index in [4.69, 9.17) is 4.74 Å². The van der Waals surface area contributed by atoms with Gasteiger partial charge in [0.1, 0.15) is 23.1 Å². The Morgan fingerprint density at radius 1 is 1.14 bits per heavy atom. The van der Waals surface area contributed by atoms with Crippen molar-refractivity contribution in [1.82, 2.24) is 5.32 Å². The van der Waals surface area contributed by atoms with E-state index in [-0.39, 0.29) is 11.9 Å². The molecule has 2 aromatic rings. The van der Waals surface area contributed by atoms with Crippen molar-refractivity contribution in [1.29, 1.82) is 0 Å². The van der Waals surface area contributed by atoms with Gasteiger partial charge in [-0.05, 0) is 50.7 Å². The first kappa shape index (κ1) is 15.9. The van der Waals surface area contributed by atoms with Gasteiger partial charge in [-0.25, -0.2) is 8.78 Å². The maximum Gasteiger partial charge on any atom is 0.132 e. The van der Waals surface area contributed by atoms with Crippen molar-refractivity contribution in [3.05, 3.63) is 57.6 Å². The number of ether oxygens (including phenoxy) is 1. The first-order valence-corrected chi connectivity index (χ1v) is 7.31. The number of aryl methyl sites for hydroxylation is 1. The lowest BCUT2D eigenvalue weighted by atomic mass is 10.0. The summed E-state index contributed by atoms with van der Waals surface area (Å²) in [6.07, 6.45) is 0. The molecule has 0 saturated carbocycles. The molecule has 21 heavy (non-hydrogen) atoms. The maximum atomic E-state index is 13.8. The highest BCUT2D eigenvalue weighted by Gasteiger charge is 2.15. The Kier molecular flexibility index (Phi) is 4.96.